The Kier molecular flexibility index (Phi) is 5.47. The molecule has 4 rings (SSSR count). The normalized spacial score (nSPS) is 16.5. The number of benzene rings is 2. The van der Waals surface area contributed by atoms with Gasteiger partial charge in [0.05, 0.1) is 24.4 Å². The van der Waals surface area contributed by atoms with Crippen molar-refractivity contribution in [3.8, 4) is 17.0 Å². The second-order valence-electron chi connectivity index (χ2n) is 7.53. The zero-order valence-electron chi connectivity index (χ0n) is 17.7. The molecule has 0 aliphatic carbocycles. The van der Waals surface area contributed by atoms with Crippen molar-refractivity contribution in [3.05, 3.63) is 65.1 Å². The van der Waals surface area contributed by atoms with E-state index in [1.165, 1.54) is 6.07 Å². The fourth-order valence-corrected chi connectivity index (χ4v) is 4.04. The third-order valence-corrected chi connectivity index (χ3v) is 5.61. The first-order valence-corrected chi connectivity index (χ1v) is 9.91. The quantitative estimate of drug-likeness (QED) is 0.538. The summed E-state index contributed by atoms with van der Waals surface area (Å²) in [7, 11) is 3.42. The highest BCUT2D eigenvalue weighted by atomic mass is 19.3. The number of halogens is 3. The average Bonchev–Trinajstić information content (AvgIpc) is 3.18. The van der Waals surface area contributed by atoms with E-state index in [1.54, 1.807) is 31.0 Å². The van der Waals surface area contributed by atoms with Crippen LogP contribution in [0, 0.1) is 5.82 Å². The van der Waals surface area contributed by atoms with Gasteiger partial charge in [0.15, 0.2) is 0 Å². The van der Waals surface area contributed by atoms with Crippen LogP contribution in [0.2, 0.25) is 0 Å². The summed E-state index contributed by atoms with van der Waals surface area (Å²) in [6, 6.07) is 9.26. The van der Waals surface area contributed by atoms with Crippen LogP contribution in [0.15, 0.2) is 47.6 Å². The van der Waals surface area contributed by atoms with Gasteiger partial charge in [-0.2, -0.15) is 5.10 Å². The monoisotopic (exact) mass is 428 g/mol. The van der Waals surface area contributed by atoms with E-state index in [9.17, 15) is 13.2 Å². The van der Waals surface area contributed by atoms with E-state index in [-0.39, 0.29) is 11.7 Å². The van der Waals surface area contributed by atoms with Gasteiger partial charge in [-0.25, -0.2) is 13.2 Å². The van der Waals surface area contributed by atoms with Gasteiger partial charge >= 0.3 is 0 Å². The molecule has 0 spiro atoms. The predicted octanol–water partition coefficient (Wildman–Crippen LogP) is 5.52. The lowest BCUT2D eigenvalue weighted by Crippen LogP contribution is -2.37. The zero-order valence-corrected chi connectivity index (χ0v) is 17.7. The standard InChI is InChI=1S/C23H23F3N4O/c1-13(16-6-5-7-17(22(16)24)23(25)26)30-14(2)27-12-15-10-21(31-4)18(11-20(15)30)19-8-9-29(3)28-19/h5-14,23H,1-4H3/t13?,14-/m0/s1. The largest absolute Gasteiger partial charge is 0.496 e. The molecule has 1 aliphatic rings. The fraction of sp³-hybridized carbons (Fsp3) is 0.304. The van der Waals surface area contributed by atoms with Crippen LogP contribution in [-0.2, 0) is 7.05 Å². The lowest BCUT2D eigenvalue weighted by Gasteiger charge is -2.38. The predicted molar refractivity (Wildman–Crippen MR) is 115 cm³/mol. The molecule has 162 valence electrons. The fourth-order valence-electron chi connectivity index (χ4n) is 4.04. The lowest BCUT2D eigenvalue weighted by atomic mass is 9.98. The molecule has 0 bridgehead atoms. The number of fused-ring (bicyclic) bond motifs is 1. The van der Waals surface area contributed by atoms with Crippen molar-refractivity contribution >= 4 is 11.9 Å². The number of hydrogen-bond acceptors (Lipinski definition) is 4. The summed E-state index contributed by atoms with van der Waals surface area (Å²) in [4.78, 5) is 6.45. The molecule has 5 nitrogen and oxygen atoms in total. The third kappa shape index (κ3) is 3.66. The number of rotatable bonds is 5. The number of hydrogen-bond donors (Lipinski definition) is 0. The maximum absolute atomic E-state index is 14.9. The van der Waals surface area contributed by atoms with Gasteiger partial charge in [0.1, 0.15) is 17.7 Å². The Bertz CT molecular complexity index is 1140. The summed E-state index contributed by atoms with van der Waals surface area (Å²) >= 11 is 0. The van der Waals surface area contributed by atoms with Crippen molar-refractivity contribution < 1.29 is 17.9 Å². The first kappa shape index (κ1) is 21.0. The van der Waals surface area contributed by atoms with Crippen molar-refractivity contribution in [2.45, 2.75) is 32.5 Å². The second kappa shape index (κ2) is 8.09. The minimum atomic E-state index is -2.88. The van der Waals surface area contributed by atoms with Crippen LogP contribution < -0.4 is 9.64 Å². The van der Waals surface area contributed by atoms with Gasteiger partial charge in [-0.15, -0.1) is 0 Å². The molecular formula is C23H23F3N4O. The zero-order chi connectivity index (χ0) is 22.3. The Hall–Kier alpha value is -3.29. The summed E-state index contributed by atoms with van der Waals surface area (Å²) in [5, 5.41) is 4.47. The van der Waals surface area contributed by atoms with Crippen LogP contribution in [0.1, 0.15) is 43.0 Å². The van der Waals surface area contributed by atoms with E-state index in [0.717, 1.165) is 28.6 Å². The molecule has 1 aliphatic heterocycles. The van der Waals surface area contributed by atoms with Gasteiger partial charge in [-0.1, -0.05) is 18.2 Å². The van der Waals surface area contributed by atoms with Gasteiger partial charge < -0.3 is 9.64 Å². The third-order valence-electron chi connectivity index (χ3n) is 5.61. The van der Waals surface area contributed by atoms with Gasteiger partial charge in [0, 0.05) is 41.8 Å². The Labute approximate surface area is 178 Å². The lowest BCUT2D eigenvalue weighted by molar-refractivity contribution is 0.146. The van der Waals surface area contributed by atoms with Crippen molar-refractivity contribution in [3.63, 3.8) is 0 Å². The number of methoxy groups -OCH3 is 1. The Morgan fingerprint density at radius 2 is 1.87 bits per heavy atom. The highest BCUT2D eigenvalue weighted by Crippen LogP contribution is 2.41. The molecule has 0 radical (unpaired) electrons. The first-order chi connectivity index (χ1) is 14.8. The van der Waals surface area contributed by atoms with Gasteiger partial charge in [0.25, 0.3) is 6.43 Å². The van der Waals surface area contributed by atoms with Crippen molar-refractivity contribution in [1.29, 1.82) is 0 Å². The Balaban J connectivity index is 1.85. The Morgan fingerprint density at radius 1 is 1.13 bits per heavy atom. The maximum atomic E-state index is 14.9. The Morgan fingerprint density at radius 3 is 2.52 bits per heavy atom. The summed E-state index contributed by atoms with van der Waals surface area (Å²) < 4.78 is 48.7. The number of nitrogens with zero attached hydrogens (tertiary/aromatic N) is 4. The topological polar surface area (TPSA) is 42.6 Å². The highest BCUT2D eigenvalue weighted by molar-refractivity contribution is 5.93. The van der Waals surface area contributed by atoms with E-state index in [1.807, 2.05) is 43.3 Å². The molecule has 2 atom stereocenters. The minimum absolute atomic E-state index is 0.197. The van der Waals surface area contributed by atoms with Crippen molar-refractivity contribution in [2.75, 3.05) is 12.0 Å². The molecule has 0 N–H and O–H groups in total. The summed E-state index contributed by atoms with van der Waals surface area (Å²) in [5.41, 5.74) is 2.72. The number of aryl methyl sites for hydroxylation is 1. The molecular weight excluding hydrogens is 405 g/mol. The van der Waals surface area contributed by atoms with E-state index < -0.39 is 23.8 Å². The number of aromatic nitrogens is 2. The number of aliphatic imine (C=N–C) groups is 1. The molecule has 8 heteroatoms. The van der Waals surface area contributed by atoms with Gasteiger partial charge in [-0.3, -0.25) is 9.67 Å². The summed E-state index contributed by atoms with van der Waals surface area (Å²) in [5.74, 6) is -0.247. The number of ether oxygens (including phenoxy) is 1. The molecule has 2 aromatic carbocycles. The molecule has 2 heterocycles. The number of anilines is 1. The van der Waals surface area contributed by atoms with E-state index in [4.69, 9.17) is 4.74 Å². The van der Waals surface area contributed by atoms with E-state index in [0.29, 0.717) is 5.75 Å². The molecule has 0 fully saturated rings. The van der Waals surface area contributed by atoms with E-state index in [2.05, 4.69) is 10.1 Å². The summed E-state index contributed by atoms with van der Waals surface area (Å²) in [6.07, 6.45) is 0.391. The van der Waals surface area contributed by atoms with Crippen molar-refractivity contribution in [1.82, 2.24) is 9.78 Å². The summed E-state index contributed by atoms with van der Waals surface area (Å²) in [6.45, 7) is 3.68. The number of alkyl halides is 2. The molecule has 0 saturated carbocycles. The molecule has 31 heavy (non-hydrogen) atoms. The van der Waals surface area contributed by atoms with E-state index >= 15 is 0 Å². The van der Waals surface area contributed by atoms with Crippen LogP contribution in [0.25, 0.3) is 11.3 Å². The molecule has 3 aromatic rings. The van der Waals surface area contributed by atoms with Crippen LogP contribution in [0.4, 0.5) is 18.9 Å². The molecule has 0 saturated heterocycles. The maximum Gasteiger partial charge on any atom is 0.266 e. The first-order valence-electron chi connectivity index (χ1n) is 9.91. The minimum Gasteiger partial charge on any atom is -0.496 e. The van der Waals surface area contributed by atoms with Crippen molar-refractivity contribution in [2.24, 2.45) is 12.0 Å². The molecule has 0 amide bonds. The second-order valence-corrected chi connectivity index (χ2v) is 7.53. The SMILES string of the molecule is COc1cc2c(cc1-c1ccn(C)n1)N(C(C)c1cccc(C(F)F)c1F)[C@@H](C)N=C2. The van der Waals surface area contributed by atoms with Gasteiger partial charge in [0.2, 0.25) is 0 Å². The molecule has 1 unspecified atom stereocenters. The average molecular weight is 428 g/mol. The van der Waals surface area contributed by atoms with Crippen LogP contribution in [0.3, 0.4) is 0 Å². The van der Waals surface area contributed by atoms with Gasteiger partial charge in [-0.05, 0) is 32.0 Å². The highest BCUT2D eigenvalue weighted by Gasteiger charge is 2.30. The van der Waals surface area contributed by atoms with Crippen LogP contribution in [-0.4, -0.2) is 29.3 Å². The van der Waals surface area contributed by atoms with Crippen LogP contribution in [0.5, 0.6) is 5.75 Å². The smallest absolute Gasteiger partial charge is 0.266 e. The van der Waals surface area contributed by atoms with Crippen LogP contribution >= 0.6 is 0 Å². The molecule has 1 aromatic heterocycles.